The molecule has 0 atom stereocenters. The van der Waals surface area contributed by atoms with Crippen molar-refractivity contribution in [2.45, 2.75) is 33.6 Å². The summed E-state index contributed by atoms with van der Waals surface area (Å²) in [4.78, 5) is 8.75. The van der Waals surface area contributed by atoms with Crippen LogP contribution in [0.1, 0.15) is 29.2 Å². The number of nitrogens with zero attached hydrogens (tertiary/aromatic N) is 2. The number of rotatable bonds is 7. The Morgan fingerprint density at radius 3 is 2.54 bits per heavy atom. The average molecular weight is 470 g/mol. The summed E-state index contributed by atoms with van der Waals surface area (Å²) in [7, 11) is 0. The first-order chi connectivity index (χ1) is 12.1. The molecule has 2 N–H and O–H groups in total. The Morgan fingerprint density at radius 2 is 1.85 bits per heavy atom. The Morgan fingerprint density at radius 1 is 1.08 bits per heavy atom. The topological polar surface area (TPSA) is 49.3 Å². The monoisotopic (exact) mass is 470 g/mol. The Balaban J connectivity index is 0.00000338. The smallest absolute Gasteiger partial charge is 0.191 e. The fraction of sp³-hybridized carbons (Fsp3) is 0.400. The summed E-state index contributed by atoms with van der Waals surface area (Å²) in [6.45, 7) is 8.35. The Bertz CT molecular complexity index is 719. The predicted molar refractivity (Wildman–Crippen MR) is 117 cm³/mol. The summed E-state index contributed by atoms with van der Waals surface area (Å²) in [5, 5.41) is 6.60. The van der Waals surface area contributed by atoms with Gasteiger partial charge in [0, 0.05) is 32.0 Å². The van der Waals surface area contributed by atoms with Crippen LogP contribution in [0.25, 0.3) is 0 Å². The van der Waals surface area contributed by atoms with Gasteiger partial charge in [0.15, 0.2) is 5.96 Å². The molecule has 0 fully saturated rings. The zero-order valence-electron chi connectivity index (χ0n) is 15.7. The van der Waals surface area contributed by atoms with Gasteiger partial charge in [-0.25, -0.2) is 4.39 Å². The van der Waals surface area contributed by atoms with E-state index in [1.165, 1.54) is 17.2 Å². The van der Waals surface area contributed by atoms with Gasteiger partial charge in [0.1, 0.15) is 5.82 Å². The van der Waals surface area contributed by atoms with E-state index in [-0.39, 0.29) is 29.8 Å². The highest BCUT2D eigenvalue weighted by molar-refractivity contribution is 14.0. The van der Waals surface area contributed by atoms with Gasteiger partial charge in [0.2, 0.25) is 0 Å². The minimum Gasteiger partial charge on any atom is -0.357 e. The van der Waals surface area contributed by atoms with Crippen molar-refractivity contribution >= 4 is 29.9 Å². The molecule has 1 aromatic carbocycles. The molecule has 0 spiro atoms. The molecule has 0 radical (unpaired) electrons. The number of pyridine rings is 1. The molecule has 0 unspecified atom stereocenters. The second kappa shape index (κ2) is 11.8. The van der Waals surface area contributed by atoms with Gasteiger partial charge in [-0.1, -0.05) is 6.07 Å². The lowest BCUT2D eigenvalue weighted by Gasteiger charge is -2.12. The molecule has 1 aromatic heterocycles. The number of nitrogens with one attached hydrogen (secondary N) is 2. The zero-order valence-corrected chi connectivity index (χ0v) is 18.0. The molecule has 4 nitrogen and oxygen atoms in total. The van der Waals surface area contributed by atoms with Crippen molar-refractivity contribution in [1.82, 2.24) is 15.6 Å². The molecule has 26 heavy (non-hydrogen) atoms. The Kier molecular flexibility index (Phi) is 10.2. The largest absolute Gasteiger partial charge is 0.357 e. The third-order valence-corrected chi connectivity index (χ3v) is 4.12. The summed E-state index contributed by atoms with van der Waals surface area (Å²) >= 11 is 0. The number of benzene rings is 1. The molecule has 0 saturated heterocycles. The molecule has 2 rings (SSSR count). The van der Waals surface area contributed by atoms with Crippen LogP contribution >= 0.6 is 24.0 Å². The highest BCUT2D eigenvalue weighted by Gasteiger charge is 2.02. The highest BCUT2D eigenvalue weighted by Crippen LogP contribution is 2.10. The van der Waals surface area contributed by atoms with E-state index in [0.717, 1.165) is 49.6 Å². The van der Waals surface area contributed by atoms with E-state index >= 15 is 0 Å². The first-order valence-corrected chi connectivity index (χ1v) is 8.77. The van der Waals surface area contributed by atoms with E-state index in [2.05, 4.69) is 27.5 Å². The molecule has 0 amide bonds. The molecule has 142 valence electrons. The molecule has 0 aliphatic carbocycles. The van der Waals surface area contributed by atoms with Crippen LogP contribution < -0.4 is 10.6 Å². The summed E-state index contributed by atoms with van der Waals surface area (Å²) in [6.07, 6.45) is 5.43. The molecule has 0 bridgehead atoms. The third-order valence-electron chi connectivity index (χ3n) is 4.12. The number of aliphatic imine (C=N–C) groups is 1. The predicted octanol–water partition coefficient (Wildman–Crippen LogP) is 3.80. The molecular formula is C20H28FIN4. The van der Waals surface area contributed by atoms with Crippen molar-refractivity contribution in [2.24, 2.45) is 4.99 Å². The van der Waals surface area contributed by atoms with Gasteiger partial charge >= 0.3 is 0 Å². The van der Waals surface area contributed by atoms with Crippen LogP contribution in [0.3, 0.4) is 0 Å². The minimum atomic E-state index is -0.185. The minimum absolute atomic E-state index is 0. The second-order valence-corrected chi connectivity index (χ2v) is 6.06. The van der Waals surface area contributed by atoms with Crippen molar-refractivity contribution in [3.05, 3.63) is 64.7 Å². The van der Waals surface area contributed by atoms with E-state index in [4.69, 9.17) is 0 Å². The van der Waals surface area contributed by atoms with Crippen LogP contribution in [0.4, 0.5) is 4.39 Å². The molecule has 2 aromatic rings. The van der Waals surface area contributed by atoms with Crippen molar-refractivity contribution in [1.29, 1.82) is 0 Å². The number of aromatic nitrogens is 1. The van der Waals surface area contributed by atoms with E-state index in [1.54, 1.807) is 6.07 Å². The van der Waals surface area contributed by atoms with E-state index < -0.39 is 0 Å². The van der Waals surface area contributed by atoms with Gasteiger partial charge in [0.25, 0.3) is 0 Å². The van der Waals surface area contributed by atoms with Gasteiger partial charge in [-0.05, 0) is 74.1 Å². The second-order valence-electron chi connectivity index (χ2n) is 6.06. The molecule has 0 aliphatic heterocycles. The Hall–Kier alpha value is -1.70. The molecular weight excluding hydrogens is 442 g/mol. The molecule has 1 heterocycles. The average Bonchev–Trinajstić information content (AvgIpc) is 2.58. The number of aryl methyl sites for hydroxylation is 2. The first kappa shape index (κ1) is 22.3. The van der Waals surface area contributed by atoms with Gasteiger partial charge in [-0.3, -0.25) is 9.98 Å². The summed E-state index contributed by atoms with van der Waals surface area (Å²) in [5.74, 6) is 0.629. The Labute approximate surface area is 172 Å². The lowest BCUT2D eigenvalue weighted by Crippen LogP contribution is -2.38. The van der Waals surface area contributed by atoms with Gasteiger partial charge in [-0.15, -0.1) is 24.0 Å². The maximum absolute atomic E-state index is 13.2. The quantitative estimate of drug-likeness (QED) is 0.368. The van der Waals surface area contributed by atoms with Crippen molar-refractivity contribution < 1.29 is 4.39 Å². The van der Waals surface area contributed by atoms with E-state index in [1.807, 2.05) is 38.4 Å². The van der Waals surface area contributed by atoms with Crippen molar-refractivity contribution in [2.75, 3.05) is 19.6 Å². The lowest BCUT2D eigenvalue weighted by molar-refractivity contribution is 0.625. The van der Waals surface area contributed by atoms with Gasteiger partial charge in [0.05, 0.1) is 0 Å². The zero-order chi connectivity index (χ0) is 18.1. The van der Waals surface area contributed by atoms with Crippen molar-refractivity contribution in [3.8, 4) is 0 Å². The van der Waals surface area contributed by atoms with Crippen LogP contribution in [-0.2, 0) is 12.8 Å². The maximum atomic E-state index is 13.2. The molecule has 0 aliphatic rings. The highest BCUT2D eigenvalue weighted by atomic mass is 127. The summed E-state index contributed by atoms with van der Waals surface area (Å²) < 4.78 is 13.2. The van der Waals surface area contributed by atoms with Gasteiger partial charge in [-0.2, -0.15) is 0 Å². The number of halogens is 2. The summed E-state index contributed by atoms with van der Waals surface area (Å²) in [6, 6.07) is 6.98. The SMILES string of the molecule is CCNC(=NCCc1ccncc1C)NCCc1ccc(F)cc1C.I. The summed E-state index contributed by atoms with van der Waals surface area (Å²) in [5.41, 5.74) is 4.60. The third kappa shape index (κ3) is 7.27. The number of hydrogen-bond donors (Lipinski definition) is 2. The first-order valence-electron chi connectivity index (χ1n) is 8.77. The molecule has 6 heteroatoms. The van der Waals surface area contributed by atoms with E-state index in [0.29, 0.717) is 0 Å². The van der Waals surface area contributed by atoms with Crippen LogP contribution in [0.2, 0.25) is 0 Å². The normalized spacial score (nSPS) is 11.0. The lowest BCUT2D eigenvalue weighted by atomic mass is 10.1. The van der Waals surface area contributed by atoms with Crippen molar-refractivity contribution in [3.63, 3.8) is 0 Å². The fourth-order valence-corrected chi connectivity index (χ4v) is 2.67. The van der Waals surface area contributed by atoms with Crippen LogP contribution in [-0.4, -0.2) is 30.6 Å². The van der Waals surface area contributed by atoms with E-state index in [9.17, 15) is 4.39 Å². The van der Waals surface area contributed by atoms with Crippen LogP contribution in [0, 0.1) is 19.7 Å². The number of guanidine groups is 1. The van der Waals surface area contributed by atoms with Crippen LogP contribution in [0.5, 0.6) is 0 Å². The van der Waals surface area contributed by atoms with Crippen LogP contribution in [0.15, 0.2) is 41.7 Å². The number of hydrogen-bond acceptors (Lipinski definition) is 2. The molecule has 0 saturated carbocycles. The maximum Gasteiger partial charge on any atom is 0.191 e. The standard InChI is InChI=1S/C20H27FN4.HI/c1-4-23-20(25-12-9-18-7-10-22-14-16(18)3)24-11-8-17-5-6-19(21)13-15(17)2;/h5-7,10,13-14H,4,8-9,11-12H2,1-3H3,(H2,23,24,25);1H. The van der Waals surface area contributed by atoms with Gasteiger partial charge < -0.3 is 10.6 Å². The fourth-order valence-electron chi connectivity index (χ4n) is 2.67.